The fourth-order valence-electron chi connectivity index (χ4n) is 2.94. The smallest absolute Gasteiger partial charge is 0.236 e. The van der Waals surface area contributed by atoms with Crippen LogP contribution in [-0.4, -0.2) is 20.4 Å². The van der Waals surface area contributed by atoms with Crippen LogP contribution in [0.5, 0.6) is 0 Å². The minimum Gasteiger partial charge on any atom is -0.440 e. The highest BCUT2D eigenvalue weighted by atomic mass is 32.1. The van der Waals surface area contributed by atoms with E-state index in [2.05, 4.69) is 27.4 Å². The number of aryl methyl sites for hydroxylation is 1. The molecule has 0 fully saturated rings. The number of hydrogen-bond donors (Lipinski definition) is 1. The molecule has 4 rings (SSSR count). The van der Waals surface area contributed by atoms with Crippen molar-refractivity contribution in [3.05, 3.63) is 83.1 Å². The van der Waals surface area contributed by atoms with Gasteiger partial charge in [0.1, 0.15) is 5.76 Å². The molecular formula is C21H20N4O2S. The fourth-order valence-corrected chi connectivity index (χ4v) is 3.59. The van der Waals surface area contributed by atoms with Crippen LogP contribution < -0.4 is 5.32 Å². The monoisotopic (exact) mass is 392 g/mol. The van der Waals surface area contributed by atoms with Gasteiger partial charge in [0.05, 0.1) is 23.3 Å². The molecular weight excluding hydrogens is 372 g/mol. The third kappa shape index (κ3) is 4.37. The lowest BCUT2D eigenvalue weighted by molar-refractivity contribution is -0.120. The summed E-state index contributed by atoms with van der Waals surface area (Å²) in [5.74, 6) is 1.18. The Kier molecular flexibility index (Phi) is 5.34. The van der Waals surface area contributed by atoms with Crippen molar-refractivity contribution in [1.82, 2.24) is 19.9 Å². The van der Waals surface area contributed by atoms with Crippen molar-refractivity contribution < 1.29 is 9.21 Å². The number of carbonyl (C=O) groups excluding carboxylic acids is 1. The number of thiophene rings is 1. The molecule has 0 bridgehead atoms. The van der Waals surface area contributed by atoms with Crippen LogP contribution in [-0.2, 0) is 24.3 Å². The molecule has 0 saturated heterocycles. The van der Waals surface area contributed by atoms with Crippen molar-refractivity contribution in [1.29, 1.82) is 0 Å². The lowest BCUT2D eigenvalue weighted by atomic mass is 10.1. The summed E-state index contributed by atoms with van der Waals surface area (Å²) in [5, 5.41) is 4.94. The second-order valence-corrected chi connectivity index (χ2v) is 7.46. The molecule has 142 valence electrons. The third-order valence-corrected chi connectivity index (χ3v) is 5.22. The van der Waals surface area contributed by atoms with Gasteiger partial charge in [0.15, 0.2) is 0 Å². The van der Waals surface area contributed by atoms with Gasteiger partial charge in [0.25, 0.3) is 0 Å². The van der Waals surface area contributed by atoms with Gasteiger partial charge in [-0.25, -0.2) is 9.97 Å². The average Bonchev–Trinajstić information content (AvgIpc) is 3.44. The van der Waals surface area contributed by atoms with Crippen LogP contribution in [0.3, 0.4) is 0 Å². The van der Waals surface area contributed by atoms with E-state index in [-0.39, 0.29) is 12.3 Å². The number of hydrogen-bond acceptors (Lipinski definition) is 5. The molecule has 0 aliphatic rings. The Morgan fingerprint density at radius 3 is 2.93 bits per heavy atom. The van der Waals surface area contributed by atoms with Crippen LogP contribution in [0.15, 0.2) is 64.9 Å². The quantitative estimate of drug-likeness (QED) is 0.519. The zero-order valence-electron chi connectivity index (χ0n) is 15.5. The van der Waals surface area contributed by atoms with Gasteiger partial charge in [-0.1, -0.05) is 30.3 Å². The topological polar surface area (TPSA) is 73.0 Å². The summed E-state index contributed by atoms with van der Waals surface area (Å²) >= 11 is 1.56. The first-order chi connectivity index (χ1) is 13.7. The molecule has 6 nitrogen and oxygen atoms in total. The summed E-state index contributed by atoms with van der Waals surface area (Å²) in [6, 6.07) is 12.1. The second-order valence-electron chi connectivity index (χ2n) is 6.51. The van der Waals surface area contributed by atoms with Crippen LogP contribution in [0.2, 0.25) is 0 Å². The number of carbonyl (C=O) groups is 1. The molecule has 0 aliphatic carbocycles. The summed E-state index contributed by atoms with van der Waals surface area (Å²) < 4.78 is 7.71. The maximum absolute atomic E-state index is 12.4. The van der Waals surface area contributed by atoms with E-state index < -0.39 is 0 Å². The summed E-state index contributed by atoms with van der Waals surface area (Å²) in [5.41, 5.74) is 2.90. The molecule has 0 saturated carbocycles. The third-order valence-electron chi connectivity index (χ3n) is 4.36. The van der Waals surface area contributed by atoms with Crippen LogP contribution in [0.1, 0.15) is 22.6 Å². The predicted molar refractivity (Wildman–Crippen MR) is 108 cm³/mol. The minimum absolute atomic E-state index is 0.0749. The second kappa shape index (κ2) is 8.22. The highest BCUT2D eigenvalue weighted by Crippen LogP contribution is 2.26. The van der Waals surface area contributed by atoms with Gasteiger partial charge in [-0.05, 0) is 29.5 Å². The van der Waals surface area contributed by atoms with Gasteiger partial charge in [-0.2, -0.15) is 0 Å². The highest BCUT2D eigenvalue weighted by Gasteiger charge is 2.15. The van der Waals surface area contributed by atoms with E-state index in [1.165, 1.54) is 0 Å². The van der Waals surface area contributed by atoms with Crippen molar-refractivity contribution in [2.24, 2.45) is 0 Å². The average molecular weight is 392 g/mol. The SMILES string of the molecule is Cc1oc(-c2cccs2)nc1CC(=O)NCc1cccc(Cn2ccnc2)c1. The molecule has 3 aromatic heterocycles. The molecule has 28 heavy (non-hydrogen) atoms. The standard InChI is InChI=1S/C21H20N4O2S/c1-15-18(24-21(27-15)19-6-3-9-28-19)11-20(26)23-12-16-4-2-5-17(10-16)13-25-8-7-22-14-25/h2-10,14H,11-13H2,1H3,(H,23,26). The molecule has 0 unspecified atom stereocenters. The van der Waals surface area contributed by atoms with Crippen molar-refractivity contribution in [3.63, 3.8) is 0 Å². The number of amides is 1. The zero-order valence-corrected chi connectivity index (χ0v) is 16.3. The van der Waals surface area contributed by atoms with Crippen LogP contribution in [0.25, 0.3) is 10.8 Å². The number of nitrogens with zero attached hydrogens (tertiary/aromatic N) is 3. The van der Waals surface area contributed by atoms with E-state index in [1.54, 1.807) is 23.9 Å². The van der Waals surface area contributed by atoms with E-state index in [1.807, 2.05) is 47.3 Å². The Labute approximate surface area is 166 Å². The molecule has 4 aromatic rings. The molecule has 0 spiro atoms. The van der Waals surface area contributed by atoms with E-state index in [9.17, 15) is 4.79 Å². The lowest BCUT2D eigenvalue weighted by Gasteiger charge is -2.08. The van der Waals surface area contributed by atoms with E-state index >= 15 is 0 Å². The first-order valence-corrected chi connectivity index (χ1v) is 9.86. The predicted octanol–water partition coefficient (Wildman–Crippen LogP) is 3.82. The highest BCUT2D eigenvalue weighted by molar-refractivity contribution is 7.13. The Hall–Kier alpha value is -3.19. The summed E-state index contributed by atoms with van der Waals surface area (Å²) in [6.07, 6.45) is 5.69. The molecule has 0 atom stereocenters. The molecule has 0 radical (unpaired) electrons. The number of aromatic nitrogens is 3. The van der Waals surface area contributed by atoms with E-state index in [0.717, 1.165) is 22.5 Å². The summed E-state index contributed by atoms with van der Waals surface area (Å²) in [7, 11) is 0. The van der Waals surface area contributed by atoms with Crippen molar-refractivity contribution >= 4 is 17.2 Å². The first-order valence-electron chi connectivity index (χ1n) is 8.98. The van der Waals surface area contributed by atoms with Gasteiger partial charge < -0.3 is 14.3 Å². The molecule has 1 amide bonds. The largest absolute Gasteiger partial charge is 0.440 e. The zero-order chi connectivity index (χ0) is 19.3. The lowest BCUT2D eigenvalue weighted by Crippen LogP contribution is -2.25. The number of rotatable bonds is 7. The molecule has 1 aromatic carbocycles. The van der Waals surface area contributed by atoms with Gasteiger partial charge in [0, 0.05) is 25.5 Å². The normalized spacial score (nSPS) is 10.9. The maximum atomic E-state index is 12.4. The summed E-state index contributed by atoms with van der Waals surface area (Å²) in [6.45, 7) is 3.07. The Balaban J connectivity index is 1.35. The molecule has 1 N–H and O–H groups in total. The molecule has 0 aliphatic heterocycles. The first kappa shape index (κ1) is 18.2. The van der Waals surface area contributed by atoms with Crippen LogP contribution in [0.4, 0.5) is 0 Å². The van der Waals surface area contributed by atoms with Crippen LogP contribution in [0, 0.1) is 6.92 Å². The molecule has 3 heterocycles. The minimum atomic E-state index is -0.0749. The summed E-state index contributed by atoms with van der Waals surface area (Å²) in [4.78, 5) is 21.9. The van der Waals surface area contributed by atoms with Gasteiger partial charge >= 0.3 is 0 Å². The van der Waals surface area contributed by atoms with E-state index in [4.69, 9.17) is 4.42 Å². The van der Waals surface area contributed by atoms with E-state index in [0.29, 0.717) is 23.9 Å². The number of benzene rings is 1. The number of nitrogens with one attached hydrogen (secondary N) is 1. The Morgan fingerprint density at radius 2 is 2.14 bits per heavy atom. The Morgan fingerprint density at radius 1 is 1.25 bits per heavy atom. The fraction of sp³-hybridized carbons (Fsp3) is 0.190. The van der Waals surface area contributed by atoms with Crippen LogP contribution >= 0.6 is 11.3 Å². The Bertz CT molecular complexity index is 1050. The maximum Gasteiger partial charge on any atom is 0.236 e. The van der Waals surface area contributed by atoms with Gasteiger partial charge in [-0.15, -0.1) is 11.3 Å². The van der Waals surface area contributed by atoms with Crippen molar-refractivity contribution in [2.45, 2.75) is 26.4 Å². The van der Waals surface area contributed by atoms with Crippen molar-refractivity contribution in [2.75, 3.05) is 0 Å². The number of imidazole rings is 1. The molecule has 7 heteroatoms. The number of oxazole rings is 1. The van der Waals surface area contributed by atoms with Gasteiger partial charge in [-0.3, -0.25) is 4.79 Å². The van der Waals surface area contributed by atoms with Crippen molar-refractivity contribution in [3.8, 4) is 10.8 Å². The van der Waals surface area contributed by atoms with Gasteiger partial charge in [0.2, 0.25) is 11.8 Å².